The Morgan fingerprint density at radius 1 is 0.406 bits per heavy atom. The molecule has 6 rings (SSSR count). The van der Waals surface area contributed by atoms with Gasteiger partial charge in [-0.15, -0.1) is 0 Å². The number of rotatable bonds is 32. The summed E-state index contributed by atoms with van der Waals surface area (Å²) in [5.41, 5.74) is 4.69. The molecular weight excluding hydrogens is 929 g/mol. The average Bonchev–Trinajstić information content (AvgIpc) is 3.86. The molecule has 2 heterocycles. The second-order valence-corrected chi connectivity index (χ2v) is 21.8. The van der Waals surface area contributed by atoms with Gasteiger partial charge in [-0.25, -0.2) is 16.8 Å². The normalized spacial score (nSPS) is 15.1. The molecule has 2 aliphatic heterocycles. The van der Waals surface area contributed by atoms with Crippen LogP contribution >= 0.6 is 0 Å². The Morgan fingerprint density at radius 3 is 0.986 bits per heavy atom. The van der Waals surface area contributed by atoms with E-state index < -0.39 is 20.2 Å². The maximum Gasteiger partial charge on any atom is 2.00 e. The van der Waals surface area contributed by atoms with Crippen molar-refractivity contribution in [3.8, 4) is 0 Å². The predicted molar refractivity (Wildman–Crippen MR) is 286 cm³/mol. The number of hydrogen-bond donors (Lipinski definition) is 2. The van der Waals surface area contributed by atoms with Crippen molar-refractivity contribution < 1.29 is 25.9 Å². The average molecular weight is 1010 g/mol. The molecule has 2 aliphatic rings. The van der Waals surface area contributed by atoms with E-state index in [2.05, 4.69) is 34.3 Å². The first-order valence-corrected chi connectivity index (χ1v) is 29.1. The molecule has 0 saturated heterocycles. The Hall–Kier alpha value is -2.84. The van der Waals surface area contributed by atoms with Gasteiger partial charge >= 0.3 is 37.7 Å². The third-order valence-corrected chi connectivity index (χ3v) is 15.3. The van der Waals surface area contributed by atoms with E-state index in [0.29, 0.717) is 24.5 Å². The zero-order chi connectivity index (χ0) is 48.5. The van der Waals surface area contributed by atoms with Crippen LogP contribution in [0.1, 0.15) is 192 Å². The molecule has 2 atom stereocenters. The van der Waals surface area contributed by atoms with Crippen molar-refractivity contribution in [3.63, 3.8) is 0 Å². The first kappa shape index (κ1) is 58.7. The summed E-state index contributed by atoms with van der Waals surface area (Å²) in [7, 11) is -9.11. The van der Waals surface area contributed by atoms with E-state index in [1.54, 1.807) is 12.1 Å². The van der Waals surface area contributed by atoms with Crippen LogP contribution in [0.4, 0.5) is 22.7 Å². The molecular formula is C56H82CaN4O6S2. The van der Waals surface area contributed by atoms with E-state index in [0.717, 1.165) is 48.2 Å². The molecule has 2 N–H and O–H groups in total. The molecule has 0 aromatic heterocycles. The van der Waals surface area contributed by atoms with Crippen molar-refractivity contribution in [1.82, 2.24) is 0 Å². The Kier molecular flexibility index (Phi) is 27.5. The first-order chi connectivity index (χ1) is 33.0. The monoisotopic (exact) mass is 1010 g/mol. The summed E-state index contributed by atoms with van der Waals surface area (Å²) in [6.07, 6.45) is 33.2. The van der Waals surface area contributed by atoms with Crippen LogP contribution in [0.15, 0.2) is 107 Å². The van der Waals surface area contributed by atoms with Gasteiger partial charge in [0, 0.05) is 13.1 Å². The minimum Gasteiger partial charge on any atom is -0.744 e. The van der Waals surface area contributed by atoms with Gasteiger partial charge in [-0.05, 0) is 61.1 Å². The van der Waals surface area contributed by atoms with Crippen LogP contribution in [-0.4, -0.2) is 76.0 Å². The van der Waals surface area contributed by atoms with Gasteiger partial charge in [0.2, 0.25) is 0 Å². The van der Waals surface area contributed by atoms with Crippen molar-refractivity contribution in [3.05, 3.63) is 108 Å². The molecule has 4 aromatic carbocycles. The zero-order valence-corrected chi connectivity index (χ0v) is 45.9. The molecule has 0 radical (unpaired) electrons. The second-order valence-electron chi connectivity index (χ2n) is 19.1. The van der Waals surface area contributed by atoms with Crippen molar-refractivity contribution >= 4 is 80.7 Å². The summed E-state index contributed by atoms with van der Waals surface area (Å²) in [5.74, 6) is 0. The number of benzene rings is 4. The fourth-order valence-electron chi connectivity index (χ4n) is 9.85. The fraction of sp³-hybridized carbons (Fsp3) is 0.571. The number of hydrogen-bond acceptors (Lipinski definition) is 10. The van der Waals surface area contributed by atoms with E-state index in [1.807, 2.05) is 72.8 Å². The quantitative estimate of drug-likeness (QED) is 0.0275. The maximum absolute atomic E-state index is 12.0. The summed E-state index contributed by atoms with van der Waals surface area (Å²) in [5, 5.41) is 6.96. The van der Waals surface area contributed by atoms with Crippen molar-refractivity contribution in [2.45, 2.75) is 216 Å². The number of fused-ring (bicyclic) bond motifs is 2. The van der Waals surface area contributed by atoms with Crippen LogP contribution in [0.5, 0.6) is 0 Å². The van der Waals surface area contributed by atoms with E-state index in [9.17, 15) is 25.9 Å². The summed E-state index contributed by atoms with van der Waals surface area (Å²) >= 11 is 0. The Morgan fingerprint density at radius 2 is 0.696 bits per heavy atom. The zero-order valence-electron chi connectivity index (χ0n) is 42.1. The molecule has 2 unspecified atom stereocenters. The number of para-hydroxylation sites is 2. The third kappa shape index (κ3) is 20.3. The van der Waals surface area contributed by atoms with Gasteiger partial charge in [0.15, 0.2) is 0 Å². The van der Waals surface area contributed by atoms with Gasteiger partial charge in [-0.1, -0.05) is 228 Å². The summed E-state index contributed by atoms with van der Waals surface area (Å²) in [6, 6.07) is 29.9. The fourth-order valence-corrected chi connectivity index (χ4v) is 11.3. The Labute approximate surface area is 447 Å². The van der Waals surface area contributed by atoms with E-state index in [1.165, 1.54) is 153 Å². The summed E-state index contributed by atoms with van der Waals surface area (Å²) in [4.78, 5) is 3.86. The molecule has 0 amide bonds. The molecule has 0 fully saturated rings. The smallest absolute Gasteiger partial charge is 0.744 e. The minimum atomic E-state index is -4.56. The predicted octanol–water partition coefficient (Wildman–Crippen LogP) is 14.5. The summed E-state index contributed by atoms with van der Waals surface area (Å²) in [6.45, 7) is 5.65. The number of nitrogens with zero attached hydrogens (tertiary/aromatic N) is 2. The summed E-state index contributed by atoms with van der Waals surface area (Å²) < 4.78 is 71.8. The SMILES string of the molecule is CCCCCCCCCCCCCCC1Nc2cccc(S(=O)(=O)[O-])c2N1Cc1ccccc1.CCCCCCCCCCCCCCC1Nc2cccc(S(=O)(=O)[O-])c2N1Cc1ccccc1.[Ca+2]. The van der Waals surface area contributed by atoms with Crippen LogP contribution in [-0.2, 0) is 33.3 Å². The van der Waals surface area contributed by atoms with Gasteiger partial charge in [0.1, 0.15) is 20.2 Å². The van der Waals surface area contributed by atoms with Gasteiger partial charge < -0.3 is 29.5 Å². The van der Waals surface area contributed by atoms with E-state index in [4.69, 9.17) is 0 Å². The molecule has 376 valence electrons. The molecule has 13 heteroatoms. The van der Waals surface area contributed by atoms with Gasteiger partial charge in [-0.3, -0.25) is 0 Å². The molecule has 0 spiro atoms. The minimum absolute atomic E-state index is 0. The first-order valence-electron chi connectivity index (χ1n) is 26.3. The molecule has 0 bridgehead atoms. The van der Waals surface area contributed by atoms with Crippen molar-refractivity contribution in [1.29, 1.82) is 0 Å². The Bertz CT molecular complexity index is 2090. The number of unbranched alkanes of at least 4 members (excludes halogenated alkanes) is 22. The standard InChI is InChI=1S/2C28H42N2O3S.Ca/c2*1-2-3-4-5-6-7-8-9-10-11-12-16-22-27-29-25-20-17-21-26(34(31,32)33)28(25)30(27)23-24-18-14-13-15-19-24;/h2*13-15,17-21,27,29H,2-12,16,22-23H2,1H3,(H,31,32,33);/q;;+2/p-2. The van der Waals surface area contributed by atoms with Crippen molar-refractivity contribution in [2.24, 2.45) is 0 Å². The molecule has 69 heavy (non-hydrogen) atoms. The van der Waals surface area contributed by atoms with Crippen LogP contribution in [0.2, 0.25) is 0 Å². The second kappa shape index (κ2) is 32.3. The molecule has 10 nitrogen and oxygen atoms in total. The molecule has 4 aromatic rings. The van der Waals surface area contributed by atoms with E-state index >= 15 is 0 Å². The number of anilines is 4. The Balaban J connectivity index is 0.000000296. The van der Waals surface area contributed by atoms with Crippen LogP contribution in [0.3, 0.4) is 0 Å². The van der Waals surface area contributed by atoms with Crippen LogP contribution in [0.25, 0.3) is 0 Å². The topological polar surface area (TPSA) is 145 Å². The third-order valence-electron chi connectivity index (χ3n) is 13.6. The number of nitrogens with one attached hydrogen (secondary N) is 2. The molecule has 0 saturated carbocycles. The van der Waals surface area contributed by atoms with Gasteiger partial charge in [0.25, 0.3) is 0 Å². The van der Waals surface area contributed by atoms with E-state index in [-0.39, 0.29) is 59.9 Å². The molecule has 0 aliphatic carbocycles. The van der Waals surface area contributed by atoms with Gasteiger partial charge in [0.05, 0.1) is 44.9 Å². The maximum atomic E-state index is 12.0. The van der Waals surface area contributed by atoms with Gasteiger partial charge in [-0.2, -0.15) is 0 Å². The van der Waals surface area contributed by atoms with Crippen molar-refractivity contribution in [2.75, 3.05) is 20.4 Å². The van der Waals surface area contributed by atoms with Crippen LogP contribution < -0.4 is 20.4 Å². The largest absolute Gasteiger partial charge is 2.00 e. The van der Waals surface area contributed by atoms with Crippen LogP contribution in [0, 0.1) is 0 Å².